The number of hydrogen-bond acceptors (Lipinski definition) is 3. The van der Waals surface area contributed by atoms with E-state index in [9.17, 15) is 8.42 Å². The first-order valence-corrected chi connectivity index (χ1v) is 8.65. The zero-order valence-electron chi connectivity index (χ0n) is 13.4. The lowest BCUT2D eigenvalue weighted by Gasteiger charge is -2.21. The Balaban J connectivity index is 2.78. The van der Waals surface area contributed by atoms with Crippen molar-refractivity contribution in [2.75, 3.05) is 12.3 Å². The average Bonchev–Trinajstić information content (AvgIpc) is 2.26. The molecule has 1 aromatic carbocycles. The Morgan fingerprint density at radius 3 is 1.85 bits per heavy atom. The highest BCUT2D eigenvalue weighted by Crippen LogP contribution is 2.23. The van der Waals surface area contributed by atoms with Gasteiger partial charge in [-0.3, -0.25) is 0 Å². The Bertz CT molecular complexity index is 531. The van der Waals surface area contributed by atoms with Crippen LogP contribution in [0.2, 0.25) is 0 Å². The van der Waals surface area contributed by atoms with Crippen LogP contribution >= 0.6 is 0 Å². The van der Waals surface area contributed by atoms with Crippen LogP contribution in [0, 0.1) is 0 Å². The summed E-state index contributed by atoms with van der Waals surface area (Å²) in [5.74, 6) is 0.124. The summed E-state index contributed by atoms with van der Waals surface area (Å²) >= 11 is 0. The van der Waals surface area contributed by atoms with Crippen LogP contribution < -0.4 is 5.32 Å². The molecule has 0 saturated carbocycles. The Kier molecular flexibility index (Phi) is 5.03. The summed E-state index contributed by atoms with van der Waals surface area (Å²) in [5.41, 5.74) is 1.12. The first-order chi connectivity index (χ1) is 8.92. The predicted octanol–water partition coefficient (Wildman–Crippen LogP) is 3.15. The fourth-order valence-electron chi connectivity index (χ4n) is 1.84. The third-order valence-corrected chi connectivity index (χ3v) is 4.84. The molecule has 0 unspecified atom stereocenters. The molecule has 1 N–H and O–H groups in total. The maximum atomic E-state index is 12.2. The van der Waals surface area contributed by atoms with E-state index in [0.29, 0.717) is 11.4 Å². The van der Waals surface area contributed by atoms with Gasteiger partial charge in [0.1, 0.15) is 0 Å². The summed E-state index contributed by atoms with van der Waals surface area (Å²) in [6.45, 7) is 12.9. The molecule has 0 radical (unpaired) electrons. The molecule has 0 fully saturated rings. The normalized spacial score (nSPS) is 13.5. The number of nitrogens with one attached hydrogen (secondary N) is 1. The van der Waals surface area contributed by atoms with E-state index in [-0.39, 0.29) is 16.7 Å². The summed E-state index contributed by atoms with van der Waals surface area (Å²) in [5, 5.41) is 3.20. The van der Waals surface area contributed by atoms with Gasteiger partial charge >= 0.3 is 0 Å². The van der Waals surface area contributed by atoms with Gasteiger partial charge in [0.05, 0.1) is 10.6 Å². The van der Waals surface area contributed by atoms with Gasteiger partial charge in [-0.05, 0) is 43.9 Å². The van der Waals surface area contributed by atoms with Crippen molar-refractivity contribution in [3.05, 3.63) is 29.8 Å². The topological polar surface area (TPSA) is 46.2 Å². The fraction of sp³-hybridized carbons (Fsp3) is 0.625. The summed E-state index contributed by atoms with van der Waals surface area (Å²) in [7, 11) is -3.21. The molecule has 20 heavy (non-hydrogen) atoms. The second-order valence-electron chi connectivity index (χ2n) is 7.27. The molecular formula is C16H27NO2S. The Hall–Kier alpha value is -0.870. The van der Waals surface area contributed by atoms with Crippen molar-refractivity contribution in [3.8, 4) is 0 Å². The SMILES string of the molecule is CC(C)(C)NCCS(=O)(=O)c1ccc(C(C)(C)C)cc1. The van der Waals surface area contributed by atoms with Crippen LogP contribution in [0.25, 0.3) is 0 Å². The zero-order valence-corrected chi connectivity index (χ0v) is 14.3. The molecule has 0 aliphatic heterocycles. The quantitative estimate of drug-likeness (QED) is 0.928. The number of rotatable bonds is 4. The van der Waals surface area contributed by atoms with E-state index in [4.69, 9.17) is 0 Å². The molecule has 0 aliphatic carbocycles. The van der Waals surface area contributed by atoms with E-state index in [1.54, 1.807) is 12.1 Å². The van der Waals surface area contributed by atoms with Crippen molar-refractivity contribution in [1.82, 2.24) is 5.32 Å². The molecule has 4 heteroatoms. The maximum Gasteiger partial charge on any atom is 0.179 e. The second kappa shape index (κ2) is 5.86. The van der Waals surface area contributed by atoms with Gasteiger partial charge < -0.3 is 5.32 Å². The molecule has 114 valence electrons. The van der Waals surface area contributed by atoms with Crippen LogP contribution in [0.15, 0.2) is 29.2 Å². The highest BCUT2D eigenvalue weighted by molar-refractivity contribution is 7.91. The molecule has 1 aromatic rings. The first kappa shape index (κ1) is 17.2. The molecule has 0 amide bonds. The van der Waals surface area contributed by atoms with Crippen molar-refractivity contribution < 1.29 is 8.42 Å². The Morgan fingerprint density at radius 1 is 0.950 bits per heavy atom. The van der Waals surface area contributed by atoms with Crippen molar-refractivity contribution >= 4 is 9.84 Å². The molecule has 0 saturated heterocycles. The van der Waals surface area contributed by atoms with Crippen molar-refractivity contribution in [2.24, 2.45) is 0 Å². The van der Waals surface area contributed by atoms with Crippen LogP contribution in [0.5, 0.6) is 0 Å². The van der Waals surface area contributed by atoms with E-state index in [2.05, 4.69) is 26.1 Å². The van der Waals surface area contributed by atoms with Crippen LogP contribution in [-0.2, 0) is 15.3 Å². The zero-order chi connectivity index (χ0) is 15.6. The fourth-order valence-corrected chi connectivity index (χ4v) is 3.00. The van der Waals surface area contributed by atoms with Crippen molar-refractivity contribution in [1.29, 1.82) is 0 Å². The van der Waals surface area contributed by atoms with E-state index in [1.165, 1.54) is 0 Å². The van der Waals surface area contributed by atoms with Gasteiger partial charge in [0.15, 0.2) is 9.84 Å². The predicted molar refractivity (Wildman–Crippen MR) is 85.0 cm³/mol. The summed E-state index contributed by atoms with van der Waals surface area (Å²) < 4.78 is 24.5. The molecule has 0 aliphatic rings. The van der Waals surface area contributed by atoms with Crippen LogP contribution in [0.4, 0.5) is 0 Å². The van der Waals surface area contributed by atoms with Gasteiger partial charge in [-0.25, -0.2) is 8.42 Å². The van der Waals surface area contributed by atoms with Crippen molar-refractivity contribution in [2.45, 2.75) is 57.4 Å². The van der Waals surface area contributed by atoms with Crippen LogP contribution in [-0.4, -0.2) is 26.3 Å². The van der Waals surface area contributed by atoms with E-state index >= 15 is 0 Å². The first-order valence-electron chi connectivity index (χ1n) is 7.00. The van der Waals surface area contributed by atoms with E-state index in [0.717, 1.165) is 5.56 Å². The molecule has 1 rings (SSSR count). The summed E-state index contributed by atoms with van der Waals surface area (Å²) in [6, 6.07) is 7.24. The lowest BCUT2D eigenvalue weighted by Crippen LogP contribution is -2.38. The summed E-state index contributed by atoms with van der Waals surface area (Å²) in [4.78, 5) is 0.404. The van der Waals surface area contributed by atoms with Crippen LogP contribution in [0.3, 0.4) is 0 Å². The monoisotopic (exact) mass is 297 g/mol. The maximum absolute atomic E-state index is 12.2. The average molecular weight is 297 g/mol. The third kappa shape index (κ3) is 5.25. The molecule has 0 spiro atoms. The Morgan fingerprint density at radius 2 is 1.45 bits per heavy atom. The molecule has 0 heterocycles. The van der Waals surface area contributed by atoms with Gasteiger partial charge in [0.2, 0.25) is 0 Å². The lowest BCUT2D eigenvalue weighted by atomic mass is 9.87. The Labute approximate surface area is 123 Å². The van der Waals surface area contributed by atoms with Gasteiger partial charge in [-0.15, -0.1) is 0 Å². The minimum Gasteiger partial charge on any atom is -0.311 e. The molecular weight excluding hydrogens is 270 g/mol. The lowest BCUT2D eigenvalue weighted by molar-refractivity contribution is 0.438. The van der Waals surface area contributed by atoms with E-state index < -0.39 is 9.84 Å². The number of benzene rings is 1. The van der Waals surface area contributed by atoms with Gasteiger partial charge in [-0.1, -0.05) is 32.9 Å². The van der Waals surface area contributed by atoms with Gasteiger partial charge in [-0.2, -0.15) is 0 Å². The standard InChI is InChI=1S/C16H27NO2S/c1-15(2,3)13-7-9-14(10-8-13)20(18,19)12-11-17-16(4,5)6/h7-10,17H,11-12H2,1-6H3. The largest absolute Gasteiger partial charge is 0.311 e. The second-order valence-corrected chi connectivity index (χ2v) is 9.38. The highest BCUT2D eigenvalue weighted by atomic mass is 32.2. The molecule has 0 bridgehead atoms. The highest BCUT2D eigenvalue weighted by Gasteiger charge is 2.18. The minimum atomic E-state index is -3.21. The van der Waals surface area contributed by atoms with E-state index in [1.807, 2.05) is 32.9 Å². The molecule has 0 atom stereocenters. The number of hydrogen-bond donors (Lipinski definition) is 1. The molecule has 0 aromatic heterocycles. The number of sulfone groups is 1. The third-order valence-electron chi connectivity index (χ3n) is 3.11. The summed E-state index contributed by atoms with van der Waals surface area (Å²) in [6.07, 6.45) is 0. The van der Waals surface area contributed by atoms with Gasteiger partial charge in [0.25, 0.3) is 0 Å². The minimum absolute atomic E-state index is 0.0378. The smallest absolute Gasteiger partial charge is 0.179 e. The van der Waals surface area contributed by atoms with Gasteiger partial charge in [0, 0.05) is 12.1 Å². The van der Waals surface area contributed by atoms with Crippen LogP contribution in [0.1, 0.15) is 47.1 Å². The molecule has 3 nitrogen and oxygen atoms in total. The van der Waals surface area contributed by atoms with Crippen molar-refractivity contribution in [3.63, 3.8) is 0 Å².